The van der Waals surface area contributed by atoms with Gasteiger partial charge in [-0.05, 0) is 6.07 Å². The predicted octanol–water partition coefficient (Wildman–Crippen LogP) is 3.14. The lowest BCUT2D eigenvalue weighted by Crippen LogP contribution is -1.82. The highest BCUT2D eigenvalue weighted by Crippen LogP contribution is 2.36. The molecule has 0 amide bonds. The molecular weight excluding hydrogens is 228 g/mol. The van der Waals surface area contributed by atoms with Crippen LogP contribution in [0.25, 0.3) is 10.1 Å². The Hall–Kier alpha value is -0.420. The normalized spacial score (nSPS) is 13.4. The number of halogens is 1. The zero-order valence-electron chi connectivity index (χ0n) is 6.36. The van der Waals surface area contributed by atoms with Crippen molar-refractivity contribution in [3.63, 3.8) is 0 Å². The van der Waals surface area contributed by atoms with Gasteiger partial charge in [0.15, 0.2) is 11.1 Å². The third-order valence-electron chi connectivity index (χ3n) is 1.66. The van der Waals surface area contributed by atoms with E-state index in [-0.39, 0.29) is 0 Å². The molecule has 2 nitrogen and oxygen atoms in total. The molecule has 5 heteroatoms. The van der Waals surface area contributed by atoms with E-state index in [1.807, 2.05) is 24.3 Å². The van der Waals surface area contributed by atoms with Crippen LogP contribution in [0.5, 0.6) is 0 Å². The lowest BCUT2D eigenvalue weighted by atomic mass is 10.3. The molecule has 1 unspecified atom stereocenters. The van der Waals surface area contributed by atoms with Gasteiger partial charge in [0.1, 0.15) is 4.21 Å². The summed E-state index contributed by atoms with van der Waals surface area (Å²) in [5.41, 5.74) is 0. The number of hydrogen-bond donors (Lipinski definition) is 1. The van der Waals surface area contributed by atoms with Gasteiger partial charge in [-0.25, -0.2) is 4.21 Å². The predicted molar refractivity (Wildman–Crippen MR) is 55.9 cm³/mol. The van der Waals surface area contributed by atoms with Gasteiger partial charge in [0, 0.05) is 10.1 Å². The topological polar surface area (TPSA) is 37.3 Å². The van der Waals surface area contributed by atoms with Crippen LogP contribution in [0.1, 0.15) is 0 Å². The zero-order valence-corrected chi connectivity index (χ0v) is 8.75. The highest BCUT2D eigenvalue weighted by atomic mass is 35.5. The Morgan fingerprint density at radius 1 is 1.38 bits per heavy atom. The fraction of sp³-hybridized carbons (Fsp3) is 0. The Morgan fingerprint density at radius 3 is 2.69 bits per heavy atom. The summed E-state index contributed by atoms with van der Waals surface area (Å²) >= 11 is 5.17. The average molecular weight is 233 g/mol. The molecule has 0 saturated heterocycles. The molecule has 1 N–H and O–H groups in total. The molecule has 1 aromatic carbocycles. The molecule has 1 aromatic heterocycles. The number of rotatable bonds is 1. The Labute approximate surface area is 86.4 Å². The second-order valence-corrected chi connectivity index (χ2v) is 5.04. The largest absolute Gasteiger partial charge is 0.302 e. The fourth-order valence-corrected chi connectivity index (χ4v) is 3.28. The summed E-state index contributed by atoms with van der Waals surface area (Å²) in [6, 6.07) is 7.44. The number of benzene rings is 1. The Balaban J connectivity index is 2.81. The molecule has 0 radical (unpaired) electrons. The second kappa shape index (κ2) is 3.38. The smallest absolute Gasteiger partial charge is 0.198 e. The summed E-state index contributed by atoms with van der Waals surface area (Å²) in [7, 11) is 0. The molecule has 2 rings (SSSR count). The van der Waals surface area contributed by atoms with Gasteiger partial charge in [-0.1, -0.05) is 29.8 Å². The van der Waals surface area contributed by atoms with Crippen molar-refractivity contribution in [1.29, 1.82) is 0 Å². The van der Waals surface area contributed by atoms with Crippen molar-refractivity contribution < 1.29 is 8.76 Å². The minimum Gasteiger partial charge on any atom is -0.302 e. The summed E-state index contributed by atoms with van der Waals surface area (Å²) in [6.45, 7) is 0. The molecule has 13 heavy (non-hydrogen) atoms. The third kappa shape index (κ3) is 1.50. The van der Waals surface area contributed by atoms with Crippen molar-refractivity contribution in [2.24, 2.45) is 0 Å². The molecule has 1 heterocycles. The molecule has 0 bridgehead atoms. The van der Waals surface area contributed by atoms with Gasteiger partial charge in [-0.3, -0.25) is 0 Å². The van der Waals surface area contributed by atoms with Crippen molar-refractivity contribution >= 4 is 44.1 Å². The van der Waals surface area contributed by atoms with Crippen LogP contribution in [0.2, 0.25) is 5.02 Å². The molecule has 0 aliphatic carbocycles. The van der Waals surface area contributed by atoms with Crippen LogP contribution in [-0.4, -0.2) is 8.76 Å². The Kier molecular flexibility index (Phi) is 2.38. The summed E-state index contributed by atoms with van der Waals surface area (Å²) < 4.78 is 21.0. The van der Waals surface area contributed by atoms with Crippen molar-refractivity contribution in [2.45, 2.75) is 4.21 Å². The lowest BCUT2D eigenvalue weighted by Gasteiger charge is -1.88. The van der Waals surface area contributed by atoms with Crippen LogP contribution in [-0.2, 0) is 11.1 Å². The molecule has 2 aromatic rings. The van der Waals surface area contributed by atoms with E-state index in [0.717, 1.165) is 10.1 Å². The summed E-state index contributed by atoms with van der Waals surface area (Å²) in [5.74, 6) is 0. The molecular formula is C8H5ClO2S2. The van der Waals surface area contributed by atoms with Crippen LogP contribution >= 0.6 is 22.9 Å². The molecule has 0 saturated carbocycles. The first-order valence-electron chi connectivity index (χ1n) is 3.48. The van der Waals surface area contributed by atoms with Crippen molar-refractivity contribution in [3.05, 3.63) is 29.3 Å². The molecule has 0 spiro atoms. The van der Waals surface area contributed by atoms with Gasteiger partial charge in [0.2, 0.25) is 0 Å². The van der Waals surface area contributed by atoms with Crippen LogP contribution in [0.3, 0.4) is 0 Å². The second-order valence-electron chi connectivity index (χ2n) is 2.45. The van der Waals surface area contributed by atoms with Crippen LogP contribution < -0.4 is 0 Å². The molecule has 0 fully saturated rings. The van der Waals surface area contributed by atoms with E-state index in [4.69, 9.17) is 16.2 Å². The van der Waals surface area contributed by atoms with Crippen molar-refractivity contribution in [3.8, 4) is 0 Å². The van der Waals surface area contributed by atoms with E-state index in [0.29, 0.717) is 9.23 Å². The van der Waals surface area contributed by atoms with Gasteiger partial charge < -0.3 is 4.55 Å². The Bertz CT molecular complexity index is 478. The maximum atomic E-state index is 10.8. The number of thiophene rings is 1. The standard InChI is InChI=1S/C8H5ClO2S2/c9-7-5-3-1-2-4-6(5)12-8(7)13(10)11/h1-4H,(H,10,11). The SMILES string of the molecule is O=S(O)c1sc2ccccc2c1Cl. The first-order chi connectivity index (χ1) is 6.20. The first kappa shape index (κ1) is 9.15. The minimum absolute atomic E-state index is 0.322. The quantitative estimate of drug-likeness (QED) is 0.767. The van der Waals surface area contributed by atoms with E-state index in [9.17, 15) is 4.21 Å². The van der Waals surface area contributed by atoms with Crippen LogP contribution in [0, 0.1) is 0 Å². The molecule has 1 atom stereocenters. The van der Waals surface area contributed by atoms with Gasteiger partial charge in [-0.15, -0.1) is 11.3 Å². The van der Waals surface area contributed by atoms with E-state index in [2.05, 4.69) is 0 Å². The van der Waals surface area contributed by atoms with E-state index >= 15 is 0 Å². The van der Waals surface area contributed by atoms with Gasteiger partial charge in [0.25, 0.3) is 0 Å². The maximum absolute atomic E-state index is 10.8. The van der Waals surface area contributed by atoms with Crippen LogP contribution in [0.4, 0.5) is 0 Å². The molecule has 0 aliphatic heterocycles. The molecule has 0 aliphatic rings. The first-order valence-corrected chi connectivity index (χ1v) is 5.78. The van der Waals surface area contributed by atoms with Crippen molar-refractivity contribution in [1.82, 2.24) is 0 Å². The van der Waals surface area contributed by atoms with E-state index in [1.165, 1.54) is 11.3 Å². The van der Waals surface area contributed by atoms with Gasteiger partial charge in [-0.2, -0.15) is 0 Å². The summed E-state index contributed by atoms with van der Waals surface area (Å²) in [4.78, 5) is 0. The fourth-order valence-electron chi connectivity index (χ4n) is 1.10. The monoisotopic (exact) mass is 232 g/mol. The minimum atomic E-state index is -1.99. The summed E-state index contributed by atoms with van der Waals surface area (Å²) in [6.07, 6.45) is 0. The Morgan fingerprint density at radius 2 is 2.08 bits per heavy atom. The van der Waals surface area contributed by atoms with Gasteiger partial charge in [0.05, 0.1) is 5.02 Å². The zero-order chi connectivity index (χ0) is 9.42. The maximum Gasteiger partial charge on any atom is 0.198 e. The van der Waals surface area contributed by atoms with E-state index < -0.39 is 11.1 Å². The van der Waals surface area contributed by atoms with E-state index in [1.54, 1.807) is 0 Å². The number of hydrogen-bond acceptors (Lipinski definition) is 2. The highest BCUT2D eigenvalue weighted by Gasteiger charge is 2.13. The third-order valence-corrected chi connectivity index (χ3v) is 4.45. The van der Waals surface area contributed by atoms with Crippen molar-refractivity contribution in [2.75, 3.05) is 0 Å². The van der Waals surface area contributed by atoms with Gasteiger partial charge >= 0.3 is 0 Å². The lowest BCUT2D eigenvalue weighted by molar-refractivity contribution is 0.566. The molecule has 68 valence electrons. The highest BCUT2D eigenvalue weighted by molar-refractivity contribution is 7.82. The average Bonchev–Trinajstić information content (AvgIpc) is 2.45. The van der Waals surface area contributed by atoms with Crippen LogP contribution in [0.15, 0.2) is 28.5 Å². The summed E-state index contributed by atoms with van der Waals surface area (Å²) in [5, 5.41) is 1.23. The number of fused-ring (bicyclic) bond motifs is 1.